The van der Waals surface area contributed by atoms with E-state index in [2.05, 4.69) is 39.1 Å². The molecule has 0 spiro atoms. The highest BCUT2D eigenvalue weighted by atomic mass is 16.5. The van der Waals surface area contributed by atoms with Crippen molar-refractivity contribution in [3.63, 3.8) is 0 Å². The molecule has 108 valence electrons. The van der Waals surface area contributed by atoms with Crippen LogP contribution in [0.25, 0.3) is 0 Å². The van der Waals surface area contributed by atoms with Crippen molar-refractivity contribution in [2.24, 2.45) is 0 Å². The molecule has 0 heterocycles. The van der Waals surface area contributed by atoms with Gasteiger partial charge in [0, 0.05) is 24.2 Å². The van der Waals surface area contributed by atoms with E-state index >= 15 is 0 Å². The fourth-order valence-corrected chi connectivity index (χ4v) is 1.87. The van der Waals surface area contributed by atoms with Crippen molar-refractivity contribution in [1.29, 1.82) is 0 Å². The monoisotopic (exact) mass is 265 g/mol. The number of hydrogen-bond donors (Lipinski definition) is 1. The first kappa shape index (κ1) is 15.8. The summed E-state index contributed by atoms with van der Waals surface area (Å²) in [5, 5.41) is 3.43. The van der Waals surface area contributed by atoms with Crippen molar-refractivity contribution in [1.82, 2.24) is 5.32 Å². The highest BCUT2D eigenvalue weighted by Gasteiger charge is 2.11. The van der Waals surface area contributed by atoms with Crippen molar-refractivity contribution in [3.8, 4) is 11.5 Å². The Morgan fingerprint density at radius 3 is 2.37 bits per heavy atom. The van der Waals surface area contributed by atoms with Crippen molar-refractivity contribution in [3.05, 3.63) is 23.8 Å². The Hall–Kier alpha value is -1.22. The largest absolute Gasteiger partial charge is 0.497 e. The quantitative estimate of drug-likeness (QED) is 0.776. The second-order valence-electron chi connectivity index (χ2n) is 5.07. The van der Waals surface area contributed by atoms with Crippen LogP contribution in [0, 0.1) is 0 Å². The second-order valence-corrected chi connectivity index (χ2v) is 5.07. The minimum Gasteiger partial charge on any atom is -0.497 e. The van der Waals surface area contributed by atoms with Crippen molar-refractivity contribution < 1.29 is 9.47 Å². The predicted octanol–water partition coefficient (Wildman–Crippen LogP) is 3.76. The fraction of sp³-hybridized carbons (Fsp3) is 0.625. The molecule has 0 aliphatic carbocycles. The molecular formula is C16H27NO2. The zero-order chi connectivity index (χ0) is 14.3. The van der Waals surface area contributed by atoms with Gasteiger partial charge in [0.1, 0.15) is 11.5 Å². The van der Waals surface area contributed by atoms with E-state index < -0.39 is 0 Å². The molecule has 1 N–H and O–H groups in total. The van der Waals surface area contributed by atoms with E-state index in [0.29, 0.717) is 6.04 Å². The van der Waals surface area contributed by atoms with Gasteiger partial charge in [0.2, 0.25) is 0 Å². The number of methoxy groups -OCH3 is 1. The lowest BCUT2D eigenvalue weighted by Crippen LogP contribution is -2.23. The highest BCUT2D eigenvalue weighted by Crippen LogP contribution is 2.27. The molecule has 1 rings (SSSR count). The zero-order valence-electron chi connectivity index (χ0n) is 12.8. The maximum Gasteiger partial charge on any atom is 0.127 e. The zero-order valence-corrected chi connectivity index (χ0v) is 12.8. The lowest BCUT2D eigenvalue weighted by atomic mass is 10.1. The van der Waals surface area contributed by atoms with Gasteiger partial charge in [0.15, 0.2) is 0 Å². The maximum absolute atomic E-state index is 6.10. The summed E-state index contributed by atoms with van der Waals surface area (Å²) in [5.41, 5.74) is 1.18. The van der Waals surface area contributed by atoms with Crippen molar-refractivity contribution >= 4 is 0 Å². The molecule has 0 aromatic heterocycles. The van der Waals surface area contributed by atoms with Crippen LogP contribution in [0.2, 0.25) is 0 Å². The first-order valence-corrected chi connectivity index (χ1v) is 7.17. The van der Waals surface area contributed by atoms with Gasteiger partial charge in [-0.1, -0.05) is 33.8 Å². The van der Waals surface area contributed by atoms with Crippen LogP contribution in [0.1, 0.15) is 46.1 Å². The van der Waals surface area contributed by atoms with E-state index in [1.165, 1.54) is 5.56 Å². The van der Waals surface area contributed by atoms with Crippen LogP contribution in [-0.4, -0.2) is 19.3 Å². The van der Waals surface area contributed by atoms with Crippen molar-refractivity contribution in [2.45, 2.75) is 59.2 Å². The summed E-state index contributed by atoms with van der Waals surface area (Å²) in [6, 6.07) is 6.50. The van der Waals surface area contributed by atoms with Crippen LogP contribution in [0.5, 0.6) is 11.5 Å². The van der Waals surface area contributed by atoms with Crippen LogP contribution in [0.3, 0.4) is 0 Å². The van der Waals surface area contributed by atoms with Gasteiger partial charge in [0.05, 0.1) is 13.2 Å². The number of benzene rings is 1. The topological polar surface area (TPSA) is 30.5 Å². The average molecular weight is 265 g/mol. The van der Waals surface area contributed by atoms with Gasteiger partial charge in [0.25, 0.3) is 0 Å². The summed E-state index contributed by atoms with van der Waals surface area (Å²) in [6.45, 7) is 9.41. The fourth-order valence-electron chi connectivity index (χ4n) is 1.87. The molecule has 0 saturated heterocycles. The summed E-state index contributed by atoms with van der Waals surface area (Å²) < 4.78 is 11.4. The summed E-state index contributed by atoms with van der Waals surface area (Å²) in [7, 11) is 1.68. The minimum absolute atomic E-state index is 0.268. The van der Waals surface area contributed by atoms with Gasteiger partial charge in [-0.2, -0.15) is 0 Å². The lowest BCUT2D eigenvalue weighted by Gasteiger charge is -2.20. The first-order chi connectivity index (χ1) is 9.10. The van der Waals surface area contributed by atoms with Gasteiger partial charge < -0.3 is 14.8 Å². The summed E-state index contributed by atoms with van der Waals surface area (Å²) >= 11 is 0. The molecule has 1 aromatic rings. The third-order valence-electron chi connectivity index (χ3n) is 3.18. The summed E-state index contributed by atoms with van der Waals surface area (Å²) in [5.74, 6) is 1.77. The van der Waals surface area contributed by atoms with Gasteiger partial charge in [-0.25, -0.2) is 0 Å². The maximum atomic E-state index is 6.10. The van der Waals surface area contributed by atoms with Gasteiger partial charge in [-0.3, -0.25) is 0 Å². The Kier molecular flexibility index (Phi) is 6.71. The Labute approximate surface area is 117 Å². The summed E-state index contributed by atoms with van der Waals surface area (Å²) in [4.78, 5) is 0. The third kappa shape index (κ3) is 5.11. The van der Waals surface area contributed by atoms with E-state index in [1.807, 2.05) is 12.1 Å². The molecular weight excluding hydrogens is 238 g/mol. The number of nitrogens with one attached hydrogen (secondary N) is 1. The van der Waals surface area contributed by atoms with E-state index in [4.69, 9.17) is 9.47 Å². The predicted molar refractivity (Wildman–Crippen MR) is 80.0 cm³/mol. The van der Waals surface area contributed by atoms with E-state index in [0.717, 1.165) is 30.9 Å². The van der Waals surface area contributed by atoms with Gasteiger partial charge in [-0.05, 0) is 18.9 Å². The van der Waals surface area contributed by atoms with Crippen LogP contribution in [-0.2, 0) is 6.54 Å². The molecule has 0 atom stereocenters. The molecule has 0 fully saturated rings. The Bertz CT molecular complexity index is 373. The lowest BCUT2D eigenvalue weighted by molar-refractivity contribution is 0.190. The Morgan fingerprint density at radius 2 is 1.84 bits per heavy atom. The number of ether oxygens (including phenoxy) is 2. The van der Waals surface area contributed by atoms with Gasteiger partial charge >= 0.3 is 0 Å². The molecule has 0 radical (unpaired) electrons. The molecule has 1 aromatic carbocycles. The smallest absolute Gasteiger partial charge is 0.127 e. The molecule has 0 unspecified atom stereocenters. The molecule has 19 heavy (non-hydrogen) atoms. The Balaban J connectivity index is 2.88. The second kappa shape index (κ2) is 8.05. The van der Waals surface area contributed by atoms with Crippen LogP contribution in [0.4, 0.5) is 0 Å². The number of rotatable bonds is 8. The molecule has 0 amide bonds. The minimum atomic E-state index is 0.268. The first-order valence-electron chi connectivity index (χ1n) is 7.17. The standard InChI is InChI=1S/C16H27NO2/c1-6-14(7-2)19-16-10-15(18-5)9-8-13(16)11-17-12(3)4/h8-10,12,14,17H,6-7,11H2,1-5H3. The Morgan fingerprint density at radius 1 is 1.16 bits per heavy atom. The van der Waals surface area contributed by atoms with E-state index in [1.54, 1.807) is 7.11 Å². The number of hydrogen-bond acceptors (Lipinski definition) is 3. The van der Waals surface area contributed by atoms with E-state index in [-0.39, 0.29) is 6.10 Å². The van der Waals surface area contributed by atoms with E-state index in [9.17, 15) is 0 Å². The molecule has 0 bridgehead atoms. The van der Waals surface area contributed by atoms with Crippen LogP contribution < -0.4 is 14.8 Å². The molecule has 3 heteroatoms. The molecule has 0 aliphatic rings. The summed E-state index contributed by atoms with van der Waals surface area (Å²) in [6.07, 6.45) is 2.31. The molecule has 3 nitrogen and oxygen atoms in total. The average Bonchev–Trinajstić information content (AvgIpc) is 2.42. The molecule has 0 saturated carbocycles. The third-order valence-corrected chi connectivity index (χ3v) is 3.18. The van der Waals surface area contributed by atoms with Crippen LogP contribution >= 0.6 is 0 Å². The van der Waals surface area contributed by atoms with Crippen LogP contribution in [0.15, 0.2) is 18.2 Å². The van der Waals surface area contributed by atoms with Gasteiger partial charge in [-0.15, -0.1) is 0 Å². The van der Waals surface area contributed by atoms with Crippen molar-refractivity contribution in [2.75, 3.05) is 7.11 Å². The highest BCUT2D eigenvalue weighted by molar-refractivity contribution is 5.41. The normalized spacial score (nSPS) is 11.1. The SMILES string of the molecule is CCC(CC)Oc1cc(OC)ccc1CNC(C)C. The molecule has 0 aliphatic heterocycles.